The van der Waals surface area contributed by atoms with Crippen LogP contribution in [0.5, 0.6) is 0 Å². The van der Waals surface area contributed by atoms with Crippen molar-refractivity contribution in [1.82, 2.24) is 9.62 Å². The molecule has 5 nitrogen and oxygen atoms in total. The van der Waals surface area contributed by atoms with Crippen LogP contribution >= 0.6 is 23.2 Å². The molecule has 8 heteroatoms. The first kappa shape index (κ1) is 17.7. The summed E-state index contributed by atoms with van der Waals surface area (Å²) in [5.74, 6) is 0. The molecule has 0 amide bonds. The average Bonchev–Trinajstić information content (AvgIpc) is 2.40. The van der Waals surface area contributed by atoms with Crippen LogP contribution in [0.15, 0.2) is 17.0 Å². The van der Waals surface area contributed by atoms with Crippen LogP contribution in [0.3, 0.4) is 0 Å². The van der Waals surface area contributed by atoms with Gasteiger partial charge in [0.1, 0.15) is 4.90 Å². The fourth-order valence-corrected chi connectivity index (χ4v) is 3.66. The molecule has 0 atom stereocenters. The van der Waals surface area contributed by atoms with Crippen LogP contribution in [0.25, 0.3) is 0 Å². The number of halogens is 2. The second-order valence-electron chi connectivity index (χ2n) is 4.19. The summed E-state index contributed by atoms with van der Waals surface area (Å²) < 4.78 is 31.0. The van der Waals surface area contributed by atoms with Crippen LogP contribution < -0.4 is 5.32 Å². The Morgan fingerprint density at radius 1 is 1.35 bits per heavy atom. The molecule has 0 aliphatic heterocycles. The summed E-state index contributed by atoms with van der Waals surface area (Å²) in [5.41, 5.74) is 0.567. The summed E-state index contributed by atoms with van der Waals surface area (Å²) in [4.78, 5) is 0.0485. The first-order valence-corrected chi connectivity index (χ1v) is 8.12. The van der Waals surface area contributed by atoms with E-state index in [0.29, 0.717) is 23.7 Å². The molecule has 0 unspecified atom stereocenters. The van der Waals surface area contributed by atoms with E-state index in [1.54, 1.807) is 7.05 Å². The number of nitrogens with one attached hydrogen (secondary N) is 1. The van der Waals surface area contributed by atoms with Gasteiger partial charge in [0.2, 0.25) is 10.0 Å². The van der Waals surface area contributed by atoms with Gasteiger partial charge in [0.25, 0.3) is 0 Å². The van der Waals surface area contributed by atoms with Crippen LogP contribution in [-0.4, -0.2) is 47.1 Å². The Morgan fingerprint density at radius 3 is 2.55 bits per heavy atom. The molecule has 20 heavy (non-hydrogen) atoms. The lowest BCUT2D eigenvalue weighted by Gasteiger charge is -2.19. The average molecular weight is 341 g/mol. The van der Waals surface area contributed by atoms with Crippen molar-refractivity contribution in [2.24, 2.45) is 0 Å². The molecule has 1 N–H and O–H groups in total. The van der Waals surface area contributed by atoms with E-state index in [4.69, 9.17) is 27.9 Å². The molecule has 114 valence electrons. The van der Waals surface area contributed by atoms with E-state index in [9.17, 15) is 8.42 Å². The van der Waals surface area contributed by atoms with E-state index in [1.165, 1.54) is 30.6 Å². The van der Waals surface area contributed by atoms with E-state index in [-0.39, 0.29) is 16.5 Å². The van der Waals surface area contributed by atoms with Crippen molar-refractivity contribution in [2.75, 3.05) is 34.4 Å². The third kappa shape index (κ3) is 3.84. The zero-order chi connectivity index (χ0) is 15.3. The highest BCUT2D eigenvalue weighted by atomic mass is 35.5. The molecule has 0 fully saturated rings. The number of sulfonamides is 1. The van der Waals surface area contributed by atoms with E-state index in [1.807, 2.05) is 0 Å². The highest BCUT2D eigenvalue weighted by Crippen LogP contribution is 2.32. The lowest BCUT2D eigenvalue weighted by Crippen LogP contribution is -2.30. The van der Waals surface area contributed by atoms with Crippen molar-refractivity contribution in [1.29, 1.82) is 0 Å². The van der Waals surface area contributed by atoms with E-state index < -0.39 is 10.0 Å². The maximum absolute atomic E-state index is 12.4. The maximum atomic E-state index is 12.4. The molecule has 0 heterocycles. The molecule has 0 aliphatic rings. The minimum atomic E-state index is -3.66. The second kappa shape index (κ2) is 7.59. The number of methoxy groups -OCH3 is 1. The summed E-state index contributed by atoms with van der Waals surface area (Å²) in [5, 5.41) is 3.49. The highest BCUT2D eigenvalue weighted by Gasteiger charge is 2.25. The van der Waals surface area contributed by atoms with Crippen molar-refractivity contribution in [3.8, 4) is 0 Å². The van der Waals surface area contributed by atoms with E-state index in [0.717, 1.165) is 0 Å². The Bertz CT molecular complexity index is 564. The fraction of sp³-hybridized carbons (Fsp3) is 0.500. The SMILES string of the molecule is CNCc1c(Cl)ccc(S(=O)(=O)N(C)CCOC)c1Cl. The van der Waals surface area contributed by atoms with Gasteiger partial charge in [-0.1, -0.05) is 23.2 Å². The Morgan fingerprint density at radius 2 is 2.00 bits per heavy atom. The lowest BCUT2D eigenvalue weighted by molar-refractivity contribution is 0.185. The minimum absolute atomic E-state index is 0.0485. The first-order chi connectivity index (χ1) is 9.36. The Kier molecular flexibility index (Phi) is 6.71. The number of likely N-dealkylation sites (N-methyl/N-ethyl adjacent to an activating group) is 1. The summed E-state index contributed by atoms with van der Waals surface area (Å²) in [6.45, 7) is 0.951. The molecule has 0 radical (unpaired) electrons. The van der Waals surface area contributed by atoms with Gasteiger partial charge in [-0.25, -0.2) is 8.42 Å². The predicted molar refractivity (Wildman–Crippen MR) is 80.9 cm³/mol. The van der Waals surface area contributed by atoms with Crippen molar-refractivity contribution in [2.45, 2.75) is 11.4 Å². The van der Waals surface area contributed by atoms with E-state index in [2.05, 4.69) is 5.32 Å². The molecule has 0 bridgehead atoms. The number of nitrogens with zero attached hydrogens (tertiary/aromatic N) is 1. The van der Waals surface area contributed by atoms with Crippen molar-refractivity contribution < 1.29 is 13.2 Å². The minimum Gasteiger partial charge on any atom is -0.383 e. The molecule has 0 saturated heterocycles. The van der Waals surface area contributed by atoms with Crippen LogP contribution in [0.1, 0.15) is 5.56 Å². The molecular weight excluding hydrogens is 323 g/mol. The van der Waals surface area contributed by atoms with Crippen molar-refractivity contribution in [3.63, 3.8) is 0 Å². The second-order valence-corrected chi connectivity index (χ2v) is 6.99. The standard InChI is InChI=1S/C12H18Cl2N2O3S/c1-15-8-9-10(13)4-5-11(12(9)14)20(17,18)16(2)6-7-19-3/h4-5,15H,6-8H2,1-3H3. The number of benzene rings is 1. The van der Waals surface area contributed by atoms with Crippen LogP contribution in [0.4, 0.5) is 0 Å². The molecular formula is C12H18Cl2N2O3S. The predicted octanol–water partition coefficient (Wildman–Crippen LogP) is 1.98. The summed E-state index contributed by atoms with van der Waals surface area (Å²) in [6, 6.07) is 2.96. The molecule has 0 spiro atoms. The molecule has 1 aromatic carbocycles. The molecule has 1 rings (SSSR count). The van der Waals surface area contributed by atoms with Crippen LogP contribution in [-0.2, 0) is 21.3 Å². The topological polar surface area (TPSA) is 58.6 Å². The zero-order valence-electron chi connectivity index (χ0n) is 11.6. The lowest BCUT2D eigenvalue weighted by atomic mass is 10.2. The molecule has 0 saturated carbocycles. The van der Waals surface area contributed by atoms with Gasteiger partial charge in [-0.05, 0) is 19.2 Å². The van der Waals surface area contributed by atoms with Gasteiger partial charge in [-0.3, -0.25) is 0 Å². The fourth-order valence-electron chi connectivity index (χ4n) is 1.62. The third-order valence-electron chi connectivity index (χ3n) is 2.80. The Labute approximate surface area is 129 Å². The maximum Gasteiger partial charge on any atom is 0.244 e. The Hall–Kier alpha value is -0.370. The largest absolute Gasteiger partial charge is 0.383 e. The van der Waals surface area contributed by atoms with Gasteiger partial charge in [0.15, 0.2) is 0 Å². The molecule has 1 aromatic rings. The van der Waals surface area contributed by atoms with Gasteiger partial charge in [-0.15, -0.1) is 0 Å². The van der Waals surface area contributed by atoms with Crippen molar-refractivity contribution >= 4 is 33.2 Å². The normalized spacial score (nSPS) is 12.1. The smallest absolute Gasteiger partial charge is 0.244 e. The van der Waals surface area contributed by atoms with Gasteiger partial charge in [0, 0.05) is 37.8 Å². The van der Waals surface area contributed by atoms with E-state index >= 15 is 0 Å². The quantitative estimate of drug-likeness (QED) is 0.824. The highest BCUT2D eigenvalue weighted by molar-refractivity contribution is 7.89. The van der Waals surface area contributed by atoms with Crippen LogP contribution in [0.2, 0.25) is 10.0 Å². The van der Waals surface area contributed by atoms with Gasteiger partial charge in [-0.2, -0.15) is 4.31 Å². The number of hydrogen-bond acceptors (Lipinski definition) is 4. The Balaban J connectivity index is 3.22. The number of rotatable bonds is 7. The zero-order valence-corrected chi connectivity index (χ0v) is 13.9. The number of hydrogen-bond donors (Lipinski definition) is 1. The third-order valence-corrected chi connectivity index (χ3v) is 5.60. The monoisotopic (exact) mass is 340 g/mol. The molecule has 0 aliphatic carbocycles. The summed E-state index contributed by atoms with van der Waals surface area (Å²) in [6.07, 6.45) is 0. The molecule has 0 aromatic heterocycles. The van der Waals surface area contributed by atoms with Gasteiger partial charge in [0.05, 0.1) is 11.6 Å². The summed E-state index contributed by atoms with van der Waals surface area (Å²) >= 11 is 12.2. The van der Waals surface area contributed by atoms with Gasteiger partial charge >= 0.3 is 0 Å². The van der Waals surface area contributed by atoms with Gasteiger partial charge < -0.3 is 10.1 Å². The first-order valence-electron chi connectivity index (χ1n) is 5.93. The number of ether oxygens (including phenoxy) is 1. The van der Waals surface area contributed by atoms with Crippen LogP contribution in [0, 0.1) is 0 Å². The summed E-state index contributed by atoms with van der Waals surface area (Å²) in [7, 11) is 1.07. The van der Waals surface area contributed by atoms with Crippen molar-refractivity contribution in [3.05, 3.63) is 27.7 Å².